The van der Waals surface area contributed by atoms with Crippen LogP contribution in [0, 0.1) is 47.3 Å². The second kappa shape index (κ2) is 43.8. The Kier molecular flexibility index (Phi) is 37.8. The molecule has 17 atom stereocenters. The van der Waals surface area contributed by atoms with Crippen molar-refractivity contribution in [2.45, 2.75) is 280 Å². The van der Waals surface area contributed by atoms with Crippen LogP contribution in [0.4, 0.5) is 0 Å². The molecule has 0 saturated carbocycles. The molecule has 0 radical (unpaired) electrons. The molecule has 0 bridgehead atoms. The largest absolute Gasteiger partial charge is 0.391 e. The van der Waals surface area contributed by atoms with Crippen molar-refractivity contribution in [3.05, 3.63) is 47.7 Å². The van der Waals surface area contributed by atoms with E-state index in [2.05, 4.69) is 69.1 Å². The van der Waals surface area contributed by atoms with E-state index < -0.39 is 203 Å². The number of nitrogens with one attached hydrogen (secondary N) is 13. The minimum Gasteiger partial charge on any atom is -0.391 e. The third-order valence-electron chi connectivity index (χ3n) is 19.8. The molecule has 14 amide bonds. The van der Waals surface area contributed by atoms with Gasteiger partial charge in [-0.05, 0) is 112 Å². The molecule has 2 fully saturated rings. The number of allylic oxidation sites excluding steroid dienone is 1. The Morgan fingerprint density at radius 3 is 1.64 bits per heavy atom. The van der Waals surface area contributed by atoms with Crippen LogP contribution < -0.4 is 74.9 Å². The maximum absolute atomic E-state index is 15.1. The van der Waals surface area contributed by atoms with Gasteiger partial charge < -0.3 is 84.9 Å². The molecule has 590 valence electrons. The monoisotopic (exact) mass is 1480 g/mol. The number of aliphatic hydroxyl groups excluding tert-OH is 1. The summed E-state index contributed by atoms with van der Waals surface area (Å²) in [6.07, 6.45) is 2.76. The van der Waals surface area contributed by atoms with Crippen molar-refractivity contribution in [2.24, 2.45) is 53.1 Å². The lowest BCUT2D eigenvalue weighted by Crippen LogP contribution is -2.66. The van der Waals surface area contributed by atoms with Gasteiger partial charge in [0.1, 0.15) is 78.2 Å². The van der Waals surface area contributed by atoms with Crippen LogP contribution in [0.5, 0.6) is 0 Å². The van der Waals surface area contributed by atoms with Gasteiger partial charge in [0.25, 0.3) is 5.91 Å². The Morgan fingerprint density at radius 2 is 1.10 bits per heavy atom. The molecule has 2 aliphatic heterocycles. The Morgan fingerprint density at radius 1 is 0.581 bits per heavy atom. The summed E-state index contributed by atoms with van der Waals surface area (Å²) in [7, 11) is 0. The van der Waals surface area contributed by atoms with Crippen LogP contribution >= 0.6 is 0 Å². The third kappa shape index (κ3) is 27.4. The van der Waals surface area contributed by atoms with E-state index in [4.69, 9.17) is 5.73 Å². The average molecular weight is 1480 g/mol. The molecule has 0 aliphatic carbocycles. The summed E-state index contributed by atoms with van der Waals surface area (Å²) in [4.78, 5) is 202. The lowest BCUT2D eigenvalue weighted by atomic mass is 9.94. The Labute approximate surface area is 620 Å². The molecule has 0 spiro atoms. The Balaban J connectivity index is 2.00. The van der Waals surface area contributed by atoms with E-state index in [0.717, 1.165) is 6.42 Å². The van der Waals surface area contributed by atoms with Gasteiger partial charge in [-0.3, -0.25) is 67.1 Å². The summed E-state index contributed by atoms with van der Waals surface area (Å²) >= 11 is 0. The normalized spacial score (nSPS) is 22.8. The maximum Gasteiger partial charge on any atom is 0.268 e. The lowest BCUT2D eigenvalue weighted by Gasteiger charge is -2.34. The average Bonchev–Trinajstić information content (AvgIpc) is 1.80. The van der Waals surface area contributed by atoms with Gasteiger partial charge in [-0.25, -0.2) is 0 Å². The Hall–Kier alpha value is -8.54. The van der Waals surface area contributed by atoms with E-state index in [1.54, 1.807) is 127 Å². The highest BCUT2D eigenvalue weighted by molar-refractivity contribution is 6.03. The lowest BCUT2D eigenvalue weighted by molar-refractivity contribution is -0.144. The van der Waals surface area contributed by atoms with Gasteiger partial charge in [0, 0.05) is 19.4 Å². The number of rotatable bonds is 33. The molecule has 2 heterocycles. The molecular formula is C75H125N15O15. The molecule has 0 unspecified atom stereocenters. The number of nitrogens with zero attached hydrogens (tertiary/aromatic N) is 1. The van der Waals surface area contributed by atoms with E-state index in [1.807, 2.05) is 13.8 Å². The molecule has 1 aromatic rings. The molecule has 0 aromatic heterocycles. The minimum atomic E-state index is -1.72. The van der Waals surface area contributed by atoms with Crippen molar-refractivity contribution in [1.82, 2.24) is 74.0 Å². The summed E-state index contributed by atoms with van der Waals surface area (Å²) in [6, 6.07) is -8.64. The first-order valence-corrected chi connectivity index (χ1v) is 37.6. The van der Waals surface area contributed by atoms with Crippen molar-refractivity contribution in [3.8, 4) is 0 Å². The predicted molar refractivity (Wildman–Crippen MR) is 397 cm³/mol. The first-order chi connectivity index (χ1) is 49.3. The van der Waals surface area contributed by atoms with E-state index in [9.17, 15) is 62.6 Å². The number of hydrogen-bond acceptors (Lipinski definition) is 16. The van der Waals surface area contributed by atoms with Gasteiger partial charge in [-0.2, -0.15) is 0 Å². The van der Waals surface area contributed by atoms with Crippen molar-refractivity contribution in [2.75, 3.05) is 13.1 Å². The quantitative estimate of drug-likeness (QED) is 0.0443. The standard InChI is InChI=1S/C75H125N15O15/c1-20-43(15)33-34-53(92)81-54(38(5)6)69(99)89-62(47(19)91)74(104)84-57(41(11)12)70(100)85-58(42(13)14)75(105)90-36-28-32-52(90)66(96)79-50(31-27-35-76)64(94)86-59(44(16)21-2)72(102)88-61-46(18)77-67(97)55(39(7)8)82-63(93)49(23-4)78-65(95)51(37-48-29-25-24-26-30-48)80-68(98)56(40(9)10)83-71(101)60(45(17)22-3)87-73(61)103/h23-26,29-30,38-47,50-52,54-62,91H,20-22,27-28,31-37,76H2,1-19H3,(H,77,97)(H,78,95)(H,79,96)(H,80,98)(H,81,92)(H,82,93)(H,83,101)(H,84,104)(H,85,100)(H,86,94)(H,87,103)(H,88,102)(H,89,99)/b49-23-/t43-,44-,45-,46+,47+,50-,51-,52+,54+,55-,56-,57-,58+,59+,60+,61+,62-/m0/s1. The van der Waals surface area contributed by atoms with Crippen LogP contribution in [0.15, 0.2) is 42.1 Å². The van der Waals surface area contributed by atoms with Crippen LogP contribution in [0.1, 0.15) is 195 Å². The summed E-state index contributed by atoms with van der Waals surface area (Å²) in [6.45, 7) is 32.0. The second-order valence-electron chi connectivity index (χ2n) is 30.1. The molecule has 1 aromatic carbocycles. The molecular weight excluding hydrogens is 1350 g/mol. The molecule has 2 aliphatic rings. The zero-order valence-electron chi connectivity index (χ0n) is 65.3. The smallest absolute Gasteiger partial charge is 0.268 e. The van der Waals surface area contributed by atoms with Gasteiger partial charge in [0.15, 0.2) is 0 Å². The maximum atomic E-state index is 15.1. The number of likely N-dealkylation sites (tertiary alicyclic amines) is 1. The number of carbonyl (C=O) groups is 14. The van der Waals surface area contributed by atoms with E-state index in [0.29, 0.717) is 24.8 Å². The number of nitrogens with two attached hydrogens (primary N) is 1. The fourth-order valence-corrected chi connectivity index (χ4v) is 12.2. The van der Waals surface area contributed by atoms with Crippen molar-refractivity contribution >= 4 is 82.7 Å². The topological polar surface area (TPSA) is 445 Å². The molecule has 2 saturated heterocycles. The van der Waals surface area contributed by atoms with Crippen LogP contribution in [0.25, 0.3) is 0 Å². The zero-order chi connectivity index (χ0) is 79.4. The summed E-state index contributed by atoms with van der Waals surface area (Å²) in [5, 5.41) is 46.2. The number of hydrogen-bond donors (Lipinski definition) is 15. The van der Waals surface area contributed by atoms with Crippen LogP contribution in [0.3, 0.4) is 0 Å². The summed E-state index contributed by atoms with van der Waals surface area (Å²) in [5.41, 5.74) is 6.38. The molecule has 3 rings (SSSR count). The van der Waals surface area contributed by atoms with Crippen LogP contribution in [0.2, 0.25) is 0 Å². The van der Waals surface area contributed by atoms with E-state index >= 15 is 9.59 Å². The van der Waals surface area contributed by atoms with Crippen LogP contribution in [-0.2, 0) is 73.5 Å². The molecule has 16 N–H and O–H groups in total. The zero-order valence-corrected chi connectivity index (χ0v) is 65.3. The van der Waals surface area contributed by atoms with Crippen molar-refractivity contribution in [1.29, 1.82) is 0 Å². The number of aliphatic hydroxyl groups is 1. The van der Waals surface area contributed by atoms with E-state index in [-0.39, 0.29) is 69.1 Å². The predicted octanol–water partition coefficient (Wildman–Crippen LogP) is 1.41. The third-order valence-corrected chi connectivity index (χ3v) is 19.8. The molecule has 105 heavy (non-hydrogen) atoms. The second-order valence-corrected chi connectivity index (χ2v) is 30.1. The van der Waals surface area contributed by atoms with Gasteiger partial charge in [0.05, 0.1) is 12.1 Å². The van der Waals surface area contributed by atoms with Gasteiger partial charge in [0.2, 0.25) is 76.8 Å². The van der Waals surface area contributed by atoms with Crippen LogP contribution in [-0.4, -0.2) is 190 Å². The Bertz CT molecular complexity index is 3160. The highest BCUT2D eigenvalue weighted by atomic mass is 16.3. The van der Waals surface area contributed by atoms with Gasteiger partial charge >= 0.3 is 0 Å². The fourth-order valence-electron chi connectivity index (χ4n) is 12.2. The highest BCUT2D eigenvalue weighted by Crippen LogP contribution is 2.23. The minimum absolute atomic E-state index is 0.0255. The summed E-state index contributed by atoms with van der Waals surface area (Å²) in [5.74, 6) is -14.6. The van der Waals surface area contributed by atoms with Crippen molar-refractivity contribution in [3.63, 3.8) is 0 Å². The van der Waals surface area contributed by atoms with E-state index in [1.165, 1.54) is 31.7 Å². The van der Waals surface area contributed by atoms with Gasteiger partial charge in [-0.15, -0.1) is 0 Å². The number of amides is 14. The first kappa shape index (κ1) is 90.7. The SMILES string of the molecule is C/C=C1\NC(=O)[C@H](Cc2ccccc2)NC(=O)[C@H](C(C)C)NC(=O)[C@@H]([C@@H](C)CC)NC(=O)[C@H](NC(=O)[C@H](NC(=O)[C@H](CCCN)NC(=O)[C@H]2CCCN2C(=O)[C@H](NC(=O)[C@@H](NC(=O)[C@@H](NC(=O)[C@H](NC(=O)CC[C@@H](C)CC)C(C)C)[C@@H](C)O)C(C)C)C(C)C)[C@@H](C)CC)[C@@H](C)NC(=O)[C@H](C(C)C)NC1=O. The van der Waals surface area contributed by atoms with Crippen molar-refractivity contribution < 1.29 is 72.2 Å². The number of benzene rings is 1. The summed E-state index contributed by atoms with van der Waals surface area (Å²) < 4.78 is 0. The number of carbonyl (C=O) groups excluding carboxylic acids is 14. The molecule has 30 nitrogen and oxygen atoms in total. The first-order valence-electron chi connectivity index (χ1n) is 37.6. The highest BCUT2D eigenvalue weighted by Gasteiger charge is 2.44. The van der Waals surface area contributed by atoms with Gasteiger partial charge in [-0.1, -0.05) is 166 Å². The fraction of sp³-hybridized carbons (Fsp3) is 0.707. The molecule has 30 heteroatoms.